The van der Waals surface area contributed by atoms with Gasteiger partial charge in [0.15, 0.2) is 5.78 Å². The molecule has 0 saturated heterocycles. The Labute approximate surface area is 167 Å². The van der Waals surface area contributed by atoms with E-state index in [0.717, 1.165) is 0 Å². The van der Waals surface area contributed by atoms with Gasteiger partial charge in [0.25, 0.3) is 5.91 Å². The van der Waals surface area contributed by atoms with Gasteiger partial charge in [-0.3, -0.25) is 9.59 Å². The number of halogens is 1. The number of sulfonamides is 1. The van der Waals surface area contributed by atoms with Crippen LogP contribution in [0.2, 0.25) is 0 Å². The van der Waals surface area contributed by atoms with Crippen molar-refractivity contribution in [2.24, 2.45) is 0 Å². The minimum atomic E-state index is -3.71. The first-order valence-electron chi connectivity index (χ1n) is 8.42. The van der Waals surface area contributed by atoms with Gasteiger partial charge in [-0.2, -0.15) is 4.31 Å². The van der Waals surface area contributed by atoms with Crippen LogP contribution in [0.4, 0.5) is 5.69 Å². The zero-order chi connectivity index (χ0) is 20.2. The number of benzene rings is 2. The fraction of sp³-hybridized carbons (Fsp3) is 0.263. The molecule has 0 radical (unpaired) electrons. The first-order valence-corrected chi connectivity index (χ1v) is 10.7. The summed E-state index contributed by atoms with van der Waals surface area (Å²) in [6.45, 7) is 5.66. The molecular weight excluding hydrogens is 432 g/mol. The van der Waals surface area contributed by atoms with Crippen LogP contribution in [0.15, 0.2) is 51.8 Å². The third-order valence-corrected chi connectivity index (χ3v) is 7.11. The Hall–Kier alpha value is -2.03. The lowest BCUT2D eigenvalue weighted by atomic mass is 10.1. The molecule has 0 spiro atoms. The minimum Gasteiger partial charge on any atom is -0.322 e. The number of carbonyl (C=O) groups is 2. The van der Waals surface area contributed by atoms with Crippen molar-refractivity contribution in [3.63, 3.8) is 0 Å². The van der Waals surface area contributed by atoms with Gasteiger partial charge in [0.1, 0.15) is 0 Å². The van der Waals surface area contributed by atoms with E-state index in [9.17, 15) is 18.0 Å². The predicted molar refractivity (Wildman–Crippen MR) is 109 cm³/mol. The molecule has 0 saturated carbocycles. The largest absolute Gasteiger partial charge is 0.322 e. The van der Waals surface area contributed by atoms with E-state index >= 15 is 0 Å². The Morgan fingerprint density at radius 3 is 2.07 bits per heavy atom. The quantitative estimate of drug-likeness (QED) is 0.644. The third kappa shape index (κ3) is 4.82. The first-order chi connectivity index (χ1) is 12.7. The van der Waals surface area contributed by atoms with Crippen molar-refractivity contribution in [2.45, 2.75) is 25.7 Å². The second kappa shape index (κ2) is 8.77. The summed E-state index contributed by atoms with van der Waals surface area (Å²) in [6.07, 6.45) is 0. The van der Waals surface area contributed by atoms with Crippen molar-refractivity contribution in [2.75, 3.05) is 18.4 Å². The van der Waals surface area contributed by atoms with E-state index in [-0.39, 0.29) is 16.2 Å². The molecule has 0 aliphatic heterocycles. The number of nitrogens with one attached hydrogen (secondary N) is 1. The molecule has 2 rings (SSSR count). The molecule has 1 N–H and O–H groups in total. The summed E-state index contributed by atoms with van der Waals surface area (Å²) in [5, 5.41) is 2.71. The predicted octanol–water partition coefficient (Wildman–Crippen LogP) is 3.93. The van der Waals surface area contributed by atoms with Crippen LogP contribution in [0, 0.1) is 0 Å². The van der Waals surface area contributed by atoms with E-state index in [1.54, 1.807) is 50.2 Å². The number of hydrogen-bond donors (Lipinski definition) is 1. The van der Waals surface area contributed by atoms with Gasteiger partial charge in [-0.15, -0.1) is 0 Å². The van der Waals surface area contributed by atoms with Gasteiger partial charge in [0.2, 0.25) is 10.0 Å². The van der Waals surface area contributed by atoms with Crippen molar-refractivity contribution >= 4 is 43.3 Å². The van der Waals surface area contributed by atoms with Crippen LogP contribution in [0.5, 0.6) is 0 Å². The summed E-state index contributed by atoms with van der Waals surface area (Å²) in [7, 11) is -3.71. The molecule has 0 unspecified atom stereocenters. The van der Waals surface area contributed by atoms with Gasteiger partial charge >= 0.3 is 0 Å². The standard InChI is InChI=1S/C19H21BrN2O4S/c1-4-22(5-2)27(25,26)18-12-15(8-11-17(18)20)19(24)21-16-9-6-14(7-10-16)13(3)23/h6-12H,4-5H2,1-3H3,(H,21,24). The lowest BCUT2D eigenvalue weighted by molar-refractivity contribution is 0.101. The Morgan fingerprint density at radius 1 is 1.00 bits per heavy atom. The molecule has 0 fully saturated rings. The van der Waals surface area contributed by atoms with Gasteiger partial charge in [0, 0.05) is 34.4 Å². The molecule has 0 heterocycles. The lowest BCUT2D eigenvalue weighted by Gasteiger charge is -2.19. The number of Topliss-reactive ketones (excluding diaryl/α,β-unsaturated/α-hetero) is 1. The van der Waals surface area contributed by atoms with E-state index < -0.39 is 15.9 Å². The maximum Gasteiger partial charge on any atom is 0.255 e. The zero-order valence-electron chi connectivity index (χ0n) is 15.3. The second-order valence-electron chi connectivity index (χ2n) is 5.82. The van der Waals surface area contributed by atoms with Gasteiger partial charge < -0.3 is 5.32 Å². The average molecular weight is 453 g/mol. The lowest BCUT2D eigenvalue weighted by Crippen LogP contribution is -2.31. The number of anilines is 1. The second-order valence-corrected chi connectivity index (χ2v) is 8.58. The highest BCUT2D eigenvalue weighted by molar-refractivity contribution is 9.10. The molecular formula is C19H21BrN2O4S. The summed E-state index contributed by atoms with van der Waals surface area (Å²) in [5.41, 5.74) is 1.28. The van der Waals surface area contributed by atoms with Gasteiger partial charge in [-0.05, 0) is 65.3 Å². The maximum atomic E-state index is 12.8. The Balaban J connectivity index is 2.31. The van der Waals surface area contributed by atoms with E-state index in [0.29, 0.717) is 28.8 Å². The molecule has 0 bridgehead atoms. The normalized spacial score (nSPS) is 11.4. The molecule has 0 atom stereocenters. The number of carbonyl (C=O) groups excluding carboxylic acids is 2. The van der Waals surface area contributed by atoms with Crippen LogP contribution in [-0.2, 0) is 10.0 Å². The highest BCUT2D eigenvalue weighted by Gasteiger charge is 2.25. The molecule has 2 aromatic carbocycles. The minimum absolute atomic E-state index is 0.0470. The molecule has 27 heavy (non-hydrogen) atoms. The molecule has 144 valence electrons. The summed E-state index contributed by atoms with van der Waals surface area (Å²) in [5.74, 6) is -0.499. The fourth-order valence-electron chi connectivity index (χ4n) is 2.54. The molecule has 6 nitrogen and oxygen atoms in total. The monoisotopic (exact) mass is 452 g/mol. The molecule has 8 heteroatoms. The molecule has 2 aromatic rings. The molecule has 0 aliphatic rings. The summed E-state index contributed by atoms with van der Waals surface area (Å²) >= 11 is 3.26. The Kier molecular flexibility index (Phi) is 6.91. The van der Waals surface area contributed by atoms with Gasteiger partial charge in [0.05, 0.1) is 4.90 Å². The van der Waals surface area contributed by atoms with Crippen molar-refractivity contribution in [1.29, 1.82) is 0 Å². The topological polar surface area (TPSA) is 83.6 Å². The number of amides is 1. The summed E-state index contributed by atoms with van der Waals surface area (Å²) in [6, 6.07) is 10.9. The number of hydrogen-bond acceptors (Lipinski definition) is 4. The van der Waals surface area contributed by atoms with E-state index in [2.05, 4.69) is 21.2 Å². The van der Waals surface area contributed by atoms with E-state index in [1.807, 2.05) is 0 Å². The van der Waals surface area contributed by atoms with Gasteiger partial charge in [-0.25, -0.2) is 8.42 Å². The van der Waals surface area contributed by atoms with E-state index in [4.69, 9.17) is 0 Å². The summed E-state index contributed by atoms with van der Waals surface area (Å²) in [4.78, 5) is 23.9. The van der Waals surface area contributed by atoms with Crippen molar-refractivity contribution in [1.82, 2.24) is 4.31 Å². The third-order valence-electron chi connectivity index (χ3n) is 4.07. The molecule has 0 aliphatic carbocycles. The van der Waals surface area contributed by atoms with Gasteiger partial charge in [-0.1, -0.05) is 13.8 Å². The number of ketones is 1. The van der Waals surface area contributed by atoms with Crippen molar-refractivity contribution in [3.05, 3.63) is 58.1 Å². The molecule has 1 amide bonds. The van der Waals surface area contributed by atoms with Crippen LogP contribution < -0.4 is 5.32 Å². The van der Waals surface area contributed by atoms with Crippen molar-refractivity contribution < 1.29 is 18.0 Å². The Bertz CT molecular complexity index is 952. The van der Waals surface area contributed by atoms with Crippen LogP contribution in [0.25, 0.3) is 0 Å². The first kappa shape index (κ1) is 21.3. The van der Waals surface area contributed by atoms with Crippen molar-refractivity contribution in [3.8, 4) is 0 Å². The average Bonchev–Trinajstić information content (AvgIpc) is 2.63. The highest BCUT2D eigenvalue weighted by atomic mass is 79.9. The summed E-state index contributed by atoms with van der Waals surface area (Å²) < 4.78 is 27.3. The Morgan fingerprint density at radius 2 is 1.56 bits per heavy atom. The molecule has 0 aromatic heterocycles. The van der Waals surface area contributed by atoms with E-state index in [1.165, 1.54) is 17.3 Å². The van der Waals surface area contributed by atoms with Crippen LogP contribution >= 0.6 is 15.9 Å². The maximum absolute atomic E-state index is 12.8. The number of rotatable bonds is 7. The van der Waals surface area contributed by atoms with Crippen LogP contribution in [-0.4, -0.2) is 37.5 Å². The number of nitrogens with zero attached hydrogens (tertiary/aromatic N) is 1. The highest BCUT2D eigenvalue weighted by Crippen LogP contribution is 2.26. The zero-order valence-corrected chi connectivity index (χ0v) is 17.7. The SMILES string of the molecule is CCN(CC)S(=O)(=O)c1cc(C(=O)Nc2ccc(C(C)=O)cc2)ccc1Br. The fourth-order valence-corrected chi connectivity index (χ4v) is 4.95. The smallest absolute Gasteiger partial charge is 0.255 e. The van der Waals surface area contributed by atoms with Crippen LogP contribution in [0.3, 0.4) is 0 Å². The van der Waals surface area contributed by atoms with Crippen LogP contribution in [0.1, 0.15) is 41.5 Å².